The van der Waals surface area contributed by atoms with Crippen molar-refractivity contribution in [3.63, 3.8) is 0 Å². The molecule has 0 saturated carbocycles. The van der Waals surface area contributed by atoms with Gasteiger partial charge in [-0.25, -0.2) is 0 Å². The zero-order valence-corrected chi connectivity index (χ0v) is 10.6. The molecule has 0 amide bonds. The van der Waals surface area contributed by atoms with Crippen molar-refractivity contribution in [3.8, 4) is 0 Å². The Bertz CT molecular complexity index is 239. The van der Waals surface area contributed by atoms with Gasteiger partial charge in [-0.3, -0.25) is 4.57 Å². The lowest BCUT2D eigenvalue weighted by atomic mass is 9.91. The molecule has 0 aliphatic carbocycles. The van der Waals surface area contributed by atoms with Gasteiger partial charge in [-0.05, 0) is 13.8 Å². The largest absolute Gasteiger partial charge is 0.549 e. The van der Waals surface area contributed by atoms with Crippen molar-refractivity contribution in [1.82, 2.24) is 0 Å². The third kappa shape index (κ3) is 3.24. The third-order valence-electron chi connectivity index (χ3n) is 1.67. The first-order valence-corrected chi connectivity index (χ1v) is 6.26. The highest BCUT2D eigenvalue weighted by atomic mass is 31.2. The second-order valence-electron chi connectivity index (χ2n) is 2.72. The molecule has 0 fully saturated rings. The van der Waals surface area contributed by atoms with Gasteiger partial charge in [0.25, 0.3) is 0 Å². The van der Waals surface area contributed by atoms with Gasteiger partial charge in [0.1, 0.15) is 0 Å². The molecule has 0 aromatic heterocycles. The van der Waals surface area contributed by atoms with Gasteiger partial charge in [0.05, 0.1) is 13.2 Å². The van der Waals surface area contributed by atoms with Gasteiger partial charge in [0, 0.05) is 14.2 Å². The van der Waals surface area contributed by atoms with Crippen molar-refractivity contribution in [1.29, 1.82) is 0 Å². The monoisotopic (exact) mass is 260 g/mol. The van der Waals surface area contributed by atoms with Gasteiger partial charge in [-0.2, -0.15) is 8.78 Å². The lowest BCUT2D eigenvalue weighted by Gasteiger charge is -2.27. The van der Waals surface area contributed by atoms with Crippen molar-refractivity contribution in [2.45, 2.75) is 19.4 Å². The fourth-order valence-corrected chi connectivity index (χ4v) is 2.63. The maximum Gasteiger partial charge on any atom is 0.549 e. The summed E-state index contributed by atoms with van der Waals surface area (Å²) in [5.74, 6) is 0. The van der Waals surface area contributed by atoms with E-state index in [1.165, 1.54) is 13.8 Å². The average molecular weight is 260 g/mol. The van der Waals surface area contributed by atoms with Crippen LogP contribution in [-0.4, -0.2) is 40.1 Å². The van der Waals surface area contributed by atoms with Crippen LogP contribution in [0.25, 0.3) is 0 Å². The summed E-state index contributed by atoms with van der Waals surface area (Å²) in [6.45, 7) is 2.56. The lowest BCUT2D eigenvalue weighted by molar-refractivity contribution is 0.0620. The molecule has 0 aromatic rings. The fourth-order valence-electron chi connectivity index (χ4n) is 1.06. The zero-order chi connectivity index (χ0) is 12.8. The Morgan fingerprint density at radius 3 is 1.75 bits per heavy atom. The van der Waals surface area contributed by atoms with Crippen molar-refractivity contribution >= 4 is 14.7 Å². The molecule has 0 aliphatic heterocycles. The molecule has 5 nitrogen and oxygen atoms in total. The molecular weight excluding hydrogens is 244 g/mol. The van der Waals surface area contributed by atoms with E-state index in [9.17, 15) is 13.3 Å². The molecule has 0 aromatic carbocycles. The molecule has 0 aliphatic rings. The van der Waals surface area contributed by atoms with Crippen LogP contribution in [0, 0.1) is 0 Å². The van der Waals surface area contributed by atoms with Gasteiger partial charge in [0.2, 0.25) is 0 Å². The molecule has 0 unspecified atom stereocenters. The highest BCUT2D eigenvalue weighted by molar-refractivity contribution is 7.57. The predicted octanol–water partition coefficient (Wildman–Crippen LogP) is 2.17. The van der Waals surface area contributed by atoms with E-state index in [0.717, 1.165) is 14.2 Å². The summed E-state index contributed by atoms with van der Waals surface area (Å²) < 4.78 is 57.2. The van der Waals surface area contributed by atoms with Crippen LogP contribution in [0.3, 0.4) is 0 Å². The van der Waals surface area contributed by atoms with Crippen LogP contribution in [0.2, 0.25) is 0 Å². The Hall–Kier alpha value is -0.00506. The highest BCUT2D eigenvalue weighted by Gasteiger charge is 2.64. The van der Waals surface area contributed by atoms with E-state index in [1.807, 2.05) is 0 Å². The van der Waals surface area contributed by atoms with Gasteiger partial charge < -0.3 is 18.4 Å². The lowest BCUT2D eigenvalue weighted by Crippen LogP contribution is -2.42. The standard InChI is InChI=1S/C7H16BF2O5P/c1-5-14-16(11,15-6-2)7(9,10)8(12-3)13-4/h5-6H2,1-4H3. The summed E-state index contributed by atoms with van der Waals surface area (Å²) in [6.07, 6.45) is 0. The number of hydrogen-bond acceptors (Lipinski definition) is 5. The van der Waals surface area contributed by atoms with Crippen LogP contribution in [0.1, 0.15) is 13.8 Å². The molecule has 0 heterocycles. The molecule has 0 radical (unpaired) electrons. The SMILES string of the molecule is CCOP(=O)(OCC)C(F)(F)B(OC)OC. The van der Waals surface area contributed by atoms with E-state index < -0.39 is 20.3 Å². The van der Waals surface area contributed by atoms with E-state index in [-0.39, 0.29) is 13.2 Å². The van der Waals surface area contributed by atoms with Crippen molar-refractivity contribution < 1.29 is 31.7 Å². The summed E-state index contributed by atoms with van der Waals surface area (Å²) in [7, 11) is -4.53. The Morgan fingerprint density at radius 2 is 1.50 bits per heavy atom. The van der Waals surface area contributed by atoms with E-state index >= 15 is 0 Å². The minimum absolute atomic E-state index is 0.160. The summed E-state index contributed by atoms with van der Waals surface area (Å²) in [5, 5.41) is 0. The summed E-state index contributed by atoms with van der Waals surface area (Å²) in [4.78, 5) is 0. The minimum atomic E-state index is -4.59. The summed E-state index contributed by atoms with van der Waals surface area (Å²) in [5.41, 5.74) is -3.86. The van der Waals surface area contributed by atoms with Gasteiger partial charge in [0.15, 0.2) is 0 Å². The molecular formula is C7H16BF2O5P. The molecule has 9 heteroatoms. The summed E-state index contributed by atoms with van der Waals surface area (Å²) in [6, 6.07) is 0. The van der Waals surface area contributed by atoms with E-state index in [1.54, 1.807) is 0 Å². The Morgan fingerprint density at radius 1 is 1.12 bits per heavy atom. The van der Waals surface area contributed by atoms with Crippen LogP contribution in [-0.2, 0) is 22.9 Å². The Kier molecular flexibility index (Phi) is 6.66. The first kappa shape index (κ1) is 16.0. The molecule has 0 bridgehead atoms. The molecule has 0 atom stereocenters. The Balaban J connectivity index is 5.08. The first-order valence-electron chi connectivity index (χ1n) is 4.72. The highest BCUT2D eigenvalue weighted by Crippen LogP contribution is 2.62. The molecule has 0 saturated heterocycles. The van der Waals surface area contributed by atoms with E-state index in [2.05, 4.69) is 18.4 Å². The second kappa shape index (κ2) is 6.66. The van der Waals surface area contributed by atoms with Crippen molar-refractivity contribution in [2.24, 2.45) is 0 Å². The van der Waals surface area contributed by atoms with Crippen molar-refractivity contribution in [3.05, 3.63) is 0 Å². The molecule has 0 N–H and O–H groups in total. The predicted molar refractivity (Wildman–Crippen MR) is 55.6 cm³/mol. The average Bonchev–Trinajstić information content (AvgIpc) is 2.19. The number of alkyl halides is 2. The fraction of sp³-hybridized carbons (Fsp3) is 1.00. The summed E-state index contributed by atoms with van der Waals surface area (Å²) >= 11 is 0. The topological polar surface area (TPSA) is 54.0 Å². The van der Waals surface area contributed by atoms with Crippen LogP contribution in [0.15, 0.2) is 0 Å². The molecule has 0 rings (SSSR count). The zero-order valence-electron chi connectivity index (χ0n) is 9.74. The van der Waals surface area contributed by atoms with Crippen molar-refractivity contribution in [2.75, 3.05) is 27.4 Å². The van der Waals surface area contributed by atoms with Crippen LogP contribution < -0.4 is 0 Å². The number of rotatable bonds is 8. The normalized spacial score (nSPS) is 12.9. The third-order valence-corrected chi connectivity index (χ3v) is 3.81. The smallest absolute Gasteiger partial charge is 0.409 e. The quantitative estimate of drug-likeness (QED) is 0.494. The molecule has 0 spiro atoms. The second-order valence-corrected chi connectivity index (χ2v) is 4.83. The molecule has 96 valence electrons. The van der Waals surface area contributed by atoms with E-state index in [0.29, 0.717) is 0 Å². The minimum Gasteiger partial charge on any atom is -0.409 e. The van der Waals surface area contributed by atoms with Gasteiger partial charge in [-0.1, -0.05) is 0 Å². The van der Waals surface area contributed by atoms with Crippen LogP contribution in [0.5, 0.6) is 0 Å². The van der Waals surface area contributed by atoms with Crippen LogP contribution in [0.4, 0.5) is 8.78 Å². The van der Waals surface area contributed by atoms with Gasteiger partial charge >= 0.3 is 20.3 Å². The molecule has 16 heavy (non-hydrogen) atoms. The first-order chi connectivity index (χ1) is 7.39. The number of hydrogen-bond donors (Lipinski definition) is 0. The van der Waals surface area contributed by atoms with Gasteiger partial charge in [-0.15, -0.1) is 0 Å². The number of halogens is 2. The van der Waals surface area contributed by atoms with Crippen LogP contribution >= 0.6 is 7.60 Å². The maximum atomic E-state index is 13.7. The Labute approximate surface area is 94.1 Å². The van der Waals surface area contributed by atoms with E-state index in [4.69, 9.17) is 0 Å². The maximum absolute atomic E-state index is 13.7.